The number of rotatable bonds is 3. The number of nitrogens with two attached hydrogens (primary N) is 1. The van der Waals surface area contributed by atoms with Crippen molar-refractivity contribution in [2.75, 3.05) is 19.6 Å². The molecule has 3 heteroatoms. The summed E-state index contributed by atoms with van der Waals surface area (Å²) in [5.74, 6) is 0.928. The van der Waals surface area contributed by atoms with E-state index in [2.05, 4.69) is 42.2 Å². The minimum Gasteiger partial charge on any atom is -0.342 e. The summed E-state index contributed by atoms with van der Waals surface area (Å²) in [6, 6.07) is 10.6. The average Bonchev–Trinajstić information content (AvgIpc) is 3.14. The van der Waals surface area contributed by atoms with Crippen molar-refractivity contribution in [2.45, 2.75) is 38.0 Å². The molecule has 1 unspecified atom stereocenters. The van der Waals surface area contributed by atoms with Gasteiger partial charge >= 0.3 is 0 Å². The Labute approximate surface area is 127 Å². The van der Waals surface area contributed by atoms with Crippen LogP contribution in [0.5, 0.6) is 0 Å². The van der Waals surface area contributed by atoms with E-state index in [-0.39, 0.29) is 11.3 Å². The number of amides is 1. The highest BCUT2D eigenvalue weighted by Gasteiger charge is 2.41. The highest BCUT2D eigenvalue weighted by molar-refractivity contribution is 5.80. The van der Waals surface area contributed by atoms with Crippen LogP contribution in [0, 0.1) is 11.8 Å². The van der Waals surface area contributed by atoms with E-state index in [1.54, 1.807) is 0 Å². The number of carbonyl (C=O) groups is 1. The van der Waals surface area contributed by atoms with Crippen molar-refractivity contribution in [3.63, 3.8) is 0 Å². The highest BCUT2D eigenvalue weighted by Crippen LogP contribution is 2.38. The summed E-state index contributed by atoms with van der Waals surface area (Å²) >= 11 is 0. The maximum Gasteiger partial charge on any atom is 0.226 e. The number of benzene rings is 1. The maximum atomic E-state index is 12.8. The molecule has 2 fully saturated rings. The molecule has 2 aliphatic rings. The van der Waals surface area contributed by atoms with E-state index in [1.165, 1.54) is 5.56 Å². The third-order valence-electron chi connectivity index (χ3n) is 5.53. The lowest BCUT2D eigenvalue weighted by molar-refractivity contribution is -0.135. The lowest BCUT2D eigenvalue weighted by atomic mass is 9.82. The number of carbonyl (C=O) groups excluding carboxylic acids is 1. The summed E-state index contributed by atoms with van der Waals surface area (Å²) in [6.07, 6.45) is 4.36. The summed E-state index contributed by atoms with van der Waals surface area (Å²) in [7, 11) is 0. The molecule has 3 atom stereocenters. The second-order valence-corrected chi connectivity index (χ2v) is 6.97. The van der Waals surface area contributed by atoms with Crippen LogP contribution in [0.25, 0.3) is 0 Å². The van der Waals surface area contributed by atoms with Crippen molar-refractivity contribution < 1.29 is 4.79 Å². The molecule has 1 aliphatic carbocycles. The quantitative estimate of drug-likeness (QED) is 0.928. The van der Waals surface area contributed by atoms with Gasteiger partial charge in [-0.3, -0.25) is 4.79 Å². The number of likely N-dealkylation sites (tertiary alicyclic amines) is 1. The molecule has 1 aromatic rings. The molecule has 1 saturated heterocycles. The first-order chi connectivity index (χ1) is 10.1. The minimum absolute atomic E-state index is 0.105. The van der Waals surface area contributed by atoms with Crippen LogP contribution in [-0.2, 0) is 10.2 Å². The molecule has 3 nitrogen and oxygen atoms in total. The van der Waals surface area contributed by atoms with Crippen LogP contribution >= 0.6 is 0 Å². The Morgan fingerprint density at radius 2 is 2.10 bits per heavy atom. The van der Waals surface area contributed by atoms with Gasteiger partial charge in [0.05, 0.1) is 0 Å². The van der Waals surface area contributed by atoms with E-state index in [0.29, 0.717) is 18.4 Å². The van der Waals surface area contributed by atoms with Crippen LogP contribution in [0.3, 0.4) is 0 Å². The molecule has 0 spiro atoms. The molecule has 1 heterocycles. The Kier molecular flexibility index (Phi) is 4.03. The molecule has 3 rings (SSSR count). The van der Waals surface area contributed by atoms with Crippen molar-refractivity contribution in [2.24, 2.45) is 17.6 Å². The summed E-state index contributed by atoms with van der Waals surface area (Å²) in [6.45, 7) is 4.67. The SMILES string of the molecule is CC1(c2ccccc2)CCN(C(=O)[C@@H]2CCC[C@@H]2CN)C1. The van der Waals surface area contributed by atoms with E-state index in [0.717, 1.165) is 38.8 Å². The Morgan fingerprint density at radius 1 is 1.33 bits per heavy atom. The van der Waals surface area contributed by atoms with Crippen LogP contribution in [0.1, 0.15) is 38.2 Å². The third kappa shape index (κ3) is 2.71. The predicted octanol–water partition coefficient (Wildman–Crippen LogP) is 2.55. The van der Waals surface area contributed by atoms with Crippen LogP contribution < -0.4 is 5.73 Å². The fourth-order valence-electron chi connectivity index (χ4n) is 4.10. The van der Waals surface area contributed by atoms with Crippen LogP contribution in [0.15, 0.2) is 30.3 Å². The minimum atomic E-state index is 0.105. The molecule has 0 bridgehead atoms. The molecular weight excluding hydrogens is 260 g/mol. The van der Waals surface area contributed by atoms with Gasteiger partial charge in [-0.05, 0) is 37.3 Å². The zero-order valence-electron chi connectivity index (χ0n) is 12.9. The van der Waals surface area contributed by atoms with Gasteiger partial charge < -0.3 is 10.6 Å². The van der Waals surface area contributed by atoms with Gasteiger partial charge in [0.15, 0.2) is 0 Å². The van der Waals surface area contributed by atoms with Crippen LogP contribution in [-0.4, -0.2) is 30.4 Å². The predicted molar refractivity (Wildman–Crippen MR) is 84.9 cm³/mol. The first kappa shape index (κ1) is 14.6. The van der Waals surface area contributed by atoms with Crippen molar-refractivity contribution >= 4 is 5.91 Å². The lowest BCUT2D eigenvalue weighted by Gasteiger charge is -2.28. The molecule has 1 aromatic carbocycles. The molecule has 1 aliphatic heterocycles. The first-order valence-corrected chi connectivity index (χ1v) is 8.18. The number of hydrogen-bond acceptors (Lipinski definition) is 2. The number of hydrogen-bond donors (Lipinski definition) is 1. The second kappa shape index (κ2) is 5.80. The molecular formula is C18H26N2O. The monoisotopic (exact) mass is 286 g/mol. The molecule has 2 N–H and O–H groups in total. The van der Waals surface area contributed by atoms with E-state index >= 15 is 0 Å². The first-order valence-electron chi connectivity index (χ1n) is 8.18. The van der Waals surface area contributed by atoms with E-state index in [1.807, 2.05) is 0 Å². The van der Waals surface area contributed by atoms with Gasteiger partial charge in [-0.15, -0.1) is 0 Å². The van der Waals surface area contributed by atoms with Gasteiger partial charge in [0.25, 0.3) is 0 Å². The largest absolute Gasteiger partial charge is 0.342 e. The van der Waals surface area contributed by atoms with Gasteiger partial charge in [-0.25, -0.2) is 0 Å². The molecule has 1 amide bonds. The molecule has 0 aromatic heterocycles. The summed E-state index contributed by atoms with van der Waals surface area (Å²) < 4.78 is 0. The molecule has 114 valence electrons. The Morgan fingerprint density at radius 3 is 2.81 bits per heavy atom. The second-order valence-electron chi connectivity index (χ2n) is 6.97. The lowest BCUT2D eigenvalue weighted by Crippen LogP contribution is -2.39. The Balaban J connectivity index is 1.71. The summed E-state index contributed by atoms with van der Waals surface area (Å²) in [4.78, 5) is 14.9. The van der Waals surface area contributed by atoms with Crippen molar-refractivity contribution in [3.05, 3.63) is 35.9 Å². The van der Waals surface area contributed by atoms with Gasteiger partial charge in [-0.1, -0.05) is 43.7 Å². The number of nitrogens with zero attached hydrogens (tertiary/aromatic N) is 1. The normalized spacial score (nSPS) is 32.6. The van der Waals surface area contributed by atoms with Gasteiger partial charge in [0.2, 0.25) is 5.91 Å². The smallest absolute Gasteiger partial charge is 0.226 e. The molecule has 1 saturated carbocycles. The van der Waals surface area contributed by atoms with E-state index in [4.69, 9.17) is 5.73 Å². The highest BCUT2D eigenvalue weighted by atomic mass is 16.2. The topological polar surface area (TPSA) is 46.3 Å². The Bertz CT molecular complexity index is 501. The standard InChI is InChI=1S/C18H26N2O/c1-18(15-7-3-2-4-8-15)10-11-20(13-18)17(21)16-9-5-6-14(16)12-19/h2-4,7-8,14,16H,5-6,9-13,19H2,1H3/t14-,16-,18?/m1/s1. The third-order valence-corrected chi connectivity index (χ3v) is 5.53. The van der Waals surface area contributed by atoms with Crippen molar-refractivity contribution in [3.8, 4) is 0 Å². The van der Waals surface area contributed by atoms with Crippen molar-refractivity contribution in [1.82, 2.24) is 4.90 Å². The fourth-order valence-corrected chi connectivity index (χ4v) is 4.10. The van der Waals surface area contributed by atoms with Crippen LogP contribution in [0.4, 0.5) is 0 Å². The maximum absolute atomic E-state index is 12.8. The van der Waals surface area contributed by atoms with Crippen molar-refractivity contribution in [1.29, 1.82) is 0 Å². The van der Waals surface area contributed by atoms with E-state index < -0.39 is 0 Å². The summed E-state index contributed by atoms with van der Waals surface area (Å²) in [5.41, 5.74) is 7.29. The summed E-state index contributed by atoms with van der Waals surface area (Å²) in [5, 5.41) is 0. The fraction of sp³-hybridized carbons (Fsp3) is 0.611. The van der Waals surface area contributed by atoms with Crippen LogP contribution in [0.2, 0.25) is 0 Å². The van der Waals surface area contributed by atoms with Gasteiger partial charge in [0, 0.05) is 24.4 Å². The van der Waals surface area contributed by atoms with E-state index in [9.17, 15) is 4.79 Å². The molecule has 21 heavy (non-hydrogen) atoms. The Hall–Kier alpha value is -1.35. The zero-order chi connectivity index (χ0) is 14.9. The van der Waals surface area contributed by atoms with Gasteiger partial charge in [-0.2, -0.15) is 0 Å². The zero-order valence-corrected chi connectivity index (χ0v) is 12.9. The average molecular weight is 286 g/mol. The molecule has 0 radical (unpaired) electrons. The van der Waals surface area contributed by atoms with Gasteiger partial charge in [0.1, 0.15) is 0 Å².